The van der Waals surface area contributed by atoms with Gasteiger partial charge in [-0.25, -0.2) is 0 Å². The third kappa shape index (κ3) is 3.75. The maximum absolute atomic E-state index is 6.04. The van der Waals surface area contributed by atoms with Gasteiger partial charge in [-0.2, -0.15) is 0 Å². The number of benzene rings is 2. The molecule has 22 heavy (non-hydrogen) atoms. The molecule has 2 aromatic rings. The van der Waals surface area contributed by atoms with Gasteiger partial charge >= 0.3 is 0 Å². The summed E-state index contributed by atoms with van der Waals surface area (Å²) in [5, 5.41) is 5.05. The second-order valence-electron chi connectivity index (χ2n) is 5.12. The standard InChI is InChI=1S/C17H17ClN2S2/c18-14-8-4-9-15(12-14)19-17(21)20-10-5-11-22-16(20)13-6-2-1-3-7-13/h1-4,6-9,12,16H,5,10-11H2,(H,19,21). The van der Waals surface area contributed by atoms with Crippen molar-refractivity contribution in [3.63, 3.8) is 0 Å². The van der Waals surface area contributed by atoms with Crippen molar-refractivity contribution < 1.29 is 0 Å². The molecule has 5 heteroatoms. The molecule has 1 heterocycles. The molecule has 1 aliphatic heterocycles. The van der Waals surface area contributed by atoms with E-state index in [-0.39, 0.29) is 5.37 Å². The average Bonchev–Trinajstić information content (AvgIpc) is 2.56. The summed E-state index contributed by atoms with van der Waals surface area (Å²) in [6.07, 6.45) is 1.14. The van der Waals surface area contributed by atoms with E-state index in [2.05, 4.69) is 34.5 Å². The molecule has 2 nitrogen and oxygen atoms in total. The third-order valence-corrected chi connectivity index (χ3v) is 5.46. The summed E-state index contributed by atoms with van der Waals surface area (Å²) < 4.78 is 0. The Morgan fingerprint density at radius 2 is 2.00 bits per heavy atom. The Balaban J connectivity index is 1.77. The predicted molar refractivity (Wildman–Crippen MR) is 101 cm³/mol. The Morgan fingerprint density at radius 3 is 2.77 bits per heavy atom. The number of nitrogens with one attached hydrogen (secondary N) is 1. The highest BCUT2D eigenvalue weighted by Crippen LogP contribution is 2.37. The van der Waals surface area contributed by atoms with E-state index >= 15 is 0 Å². The normalized spacial score (nSPS) is 18.0. The highest BCUT2D eigenvalue weighted by molar-refractivity contribution is 7.99. The Bertz CT molecular complexity index is 648. The van der Waals surface area contributed by atoms with Crippen molar-refractivity contribution in [1.82, 2.24) is 4.90 Å². The second kappa shape index (κ2) is 7.36. The monoisotopic (exact) mass is 348 g/mol. The molecule has 0 spiro atoms. The first-order chi connectivity index (χ1) is 10.7. The van der Waals surface area contributed by atoms with Gasteiger partial charge in [0.1, 0.15) is 5.37 Å². The maximum Gasteiger partial charge on any atom is 0.174 e. The van der Waals surface area contributed by atoms with E-state index in [1.54, 1.807) is 0 Å². The fourth-order valence-corrected chi connectivity index (χ4v) is 4.33. The summed E-state index contributed by atoms with van der Waals surface area (Å²) >= 11 is 13.6. The number of hydrogen-bond donors (Lipinski definition) is 1. The van der Waals surface area contributed by atoms with Crippen molar-refractivity contribution in [2.24, 2.45) is 0 Å². The number of rotatable bonds is 2. The van der Waals surface area contributed by atoms with Crippen LogP contribution in [0.2, 0.25) is 5.02 Å². The van der Waals surface area contributed by atoms with Crippen LogP contribution in [0.5, 0.6) is 0 Å². The van der Waals surface area contributed by atoms with Gasteiger partial charge in [-0.3, -0.25) is 0 Å². The zero-order chi connectivity index (χ0) is 15.4. The van der Waals surface area contributed by atoms with Crippen LogP contribution in [0.15, 0.2) is 54.6 Å². The van der Waals surface area contributed by atoms with Gasteiger partial charge in [0.05, 0.1) is 0 Å². The molecule has 0 bridgehead atoms. The highest BCUT2D eigenvalue weighted by atomic mass is 35.5. The number of thiocarbonyl (C=S) groups is 1. The number of nitrogens with zero attached hydrogens (tertiary/aromatic N) is 1. The maximum atomic E-state index is 6.04. The van der Waals surface area contributed by atoms with Crippen molar-refractivity contribution in [3.8, 4) is 0 Å². The summed E-state index contributed by atoms with van der Waals surface area (Å²) in [6, 6.07) is 18.2. The largest absolute Gasteiger partial charge is 0.333 e. The Morgan fingerprint density at radius 1 is 1.18 bits per heavy atom. The summed E-state index contributed by atoms with van der Waals surface area (Å²) in [5.74, 6) is 1.16. The summed E-state index contributed by atoms with van der Waals surface area (Å²) in [6.45, 7) is 0.971. The molecule has 1 saturated heterocycles. The zero-order valence-electron chi connectivity index (χ0n) is 12.0. The first-order valence-corrected chi connectivity index (χ1v) is 9.07. The van der Waals surface area contributed by atoms with Crippen LogP contribution in [0.4, 0.5) is 5.69 Å². The van der Waals surface area contributed by atoms with Gasteiger partial charge in [0.15, 0.2) is 5.11 Å². The second-order valence-corrected chi connectivity index (χ2v) is 7.13. The highest BCUT2D eigenvalue weighted by Gasteiger charge is 2.26. The Kier molecular flexibility index (Phi) is 5.24. The molecule has 0 aliphatic carbocycles. The molecule has 3 rings (SSSR count). The SMILES string of the molecule is S=C(Nc1cccc(Cl)c1)N1CCCSC1c1ccccc1. The molecule has 0 aromatic heterocycles. The van der Waals surface area contributed by atoms with E-state index < -0.39 is 0 Å². The lowest BCUT2D eigenvalue weighted by atomic mass is 10.2. The minimum absolute atomic E-state index is 0.272. The molecule has 114 valence electrons. The zero-order valence-corrected chi connectivity index (χ0v) is 14.4. The molecule has 2 aromatic carbocycles. The summed E-state index contributed by atoms with van der Waals surface area (Å²) in [7, 11) is 0. The van der Waals surface area contributed by atoms with Crippen molar-refractivity contribution >= 4 is 46.4 Å². The van der Waals surface area contributed by atoms with Gasteiger partial charge in [0, 0.05) is 17.3 Å². The van der Waals surface area contributed by atoms with Gasteiger partial charge < -0.3 is 10.2 Å². The molecule has 1 aliphatic rings. The lowest BCUT2D eigenvalue weighted by Gasteiger charge is -2.37. The van der Waals surface area contributed by atoms with Crippen molar-refractivity contribution in [3.05, 3.63) is 65.2 Å². The minimum Gasteiger partial charge on any atom is -0.333 e. The van der Waals surface area contributed by atoms with Crippen LogP contribution in [-0.4, -0.2) is 22.3 Å². The van der Waals surface area contributed by atoms with Crippen molar-refractivity contribution in [1.29, 1.82) is 0 Å². The van der Waals surface area contributed by atoms with Crippen LogP contribution in [0.3, 0.4) is 0 Å². The summed E-state index contributed by atoms with van der Waals surface area (Å²) in [5.41, 5.74) is 2.22. The Labute approximate surface area is 145 Å². The molecule has 1 atom stereocenters. The first kappa shape index (κ1) is 15.7. The molecule has 1 unspecified atom stereocenters. The van der Waals surface area contributed by atoms with Gasteiger partial charge in [-0.05, 0) is 48.2 Å². The molecular weight excluding hydrogens is 332 g/mol. The van der Waals surface area contributed by atoms with Crippen LogP contribution < -0.4 is 5.32 Å². The first-order valence-electron chi connectivity index (χ1n) is 7.24. The van der Waals surface area contributed by atoms with E-state index in [1.807, 2.05) is 42.1 Å². The number of hydrogen-bond acceptors (Lipinski definition) is 2. The average molecular weight is 349 g/mol. The van der Waals surface area contributed by atoms with E-state index in [1.165, 1.54) is 5.56 Å². The molecule has 1 fully saturated rings. The Hall–Kier alpha value is -1.23. The van der Waals surface area contributed by atoms with Crippen LogP contribution in [-0.2, 0) is 0 Å². The third-order valence-electron chi connectivity index (χ3n) is 3.52. The fourth-order valence-electron chi connectivity index (χ4n) is 2.50. The smallest absolute Gasteiger partial charge is 0.174 e. The van der Waals surface area contributed by atoms with Crippen LogP contribution in [0.25, 0.3) is 0 Å². The van der Waals surface area contributed by atoms with Gasteiger partial charge in [-0.1, -0.05) is 48.0 Å². The van der Waals surface area contributed by atoms with Gasteiger partial charge in [0.25, 0.3) is 0 Å². The van der Waals surface area contributed by atoms with Crippen molar-refractivity contribution in [2.75, 3.05) is 17.6 Å². The predicted octanol–water partition coefficient (Wildman–Crippen LogP) is 5.17. The topological polar surface area (TPSA) is 15.3 Å². The van der Waals surface area contributed by atoms with Crippen LogP contribution >= 0.6 is 35.6 Å². The van der Waals surface area contributed by atoms with Gasteiger partial charge in [0.2, 0.25) is 0 Å². The lowest BCUT2D eigenvalue weighted by Crippen LogP contribution is -2.40. The fraction of sp³-hybridized carbons (Fsp3) is 0.235. The van der Waals surface area contributed by atoms with E-state index in [9.17, 15) is 0 Å². The molecule has 0 radical (unpaired) electrons. The van der Waals surface area contributed by atoms with Crippen LogP contribution in [0.1, 0.15) is 17.4 Å². The van der Waals surface area contributed by atoms with Crippen molar-refractivity contribution in [2.45, 2.75) is 11.8 Å². The molecule has 1 N–H and O–H groups in total. The van der Waals surface area contributed by atoms with Gasteiger partial charge in [-0.15, -0.1) is 11.8 Å². The van der Waals surface area contributed by atoms with Crippen LogP contribution in [0, 0.1) is 0 Å². The van der Waals surface area contributed by atoms with E-state index in [0.717, 1.165) is 29.5 Å². The number of thioether (sulfide) groups is 1. The lowest BCUT2D eigenvalue weighted by molar-refractivity contribution is 0.396. The molecule has 0 saturated carbocycles. The number of anilines is 1. The quantitative estimate of drug-likeness (QED) is 0.752. The number of halogens is 1. The summed E-state index contributed by atoms with van der Waals surface area (Å²) in [4.78, 5) is 2.26. The molecule has 0 amide bonds. The van der Waals surface area contributed by atoms with E-state index in [0.29, 0.717) is 5.02 Å². The minimum atomic E-state index is 0.272. The molecular formula is C17H17ClN2S2. The van der Waals surface area contributed by atoms with E-state index in [4.69, 9.17) is 23.8 Å².